The highest BCUT2D eigenvalue weighted by Crippen LogP contribution is 2.14. The van der Waals surface area contributed by atoms with Crippen LogP contribution in [0, 0.1) is 11.8 Å². The lowest BCUT2D eigenvalue weighted by Crippen LogP contribution is -2.04. The van der Waals surface area contributed by atoms with Crippen LogP contribution in [-0.2, 0) is 9.53 Å². The Hall–Kier alpha value is -1.79. The zero-order valence-corrected chi connectivity index (χ0v) is 12.5. The molecule has 1 aromatic carbocycles. The summed E-state index contributed by atoms with van der Waals surface area (Å²) in [7, 11) is 1.34. The topological polar surface area (TPSA) is 38.7 Å². The maximum absolute atomic E-state index is 11.0. The van der Waals surface area contributed by atoms with Crippen molar-refractivity contribution in [2.75, 3.05) is 13.7 Å². The molecule has 0 bridgehead atoms. The van der Waals surface area contributed by atoms with Crippen molar-refractivity contribution in [2.24, 2.45) is 4.99 Å². The number of rotatable bonds is 5. The van der Waals surface area contributed by atoms with Gasteiger partial charge >= 0.3 is 5.97 Å². The highest BCUT2D eigenvalue weighted by Gasteiger charge is 2.00. The summed E-state index contributed by atoms with van der Waals surface area (Å²) < 4.78 is 4.53. The van der Waals surface area contributed by atoms with Gasteiger partial charge in [-0.25, -0.2) is 0 Å². The molecule has 1 aromatic rings. The number of carbonyl (C=O) groups is 1. The van der Waals surface area contributed by atoms with Crippen LogP contribution in [0.2, 0.25) is 5.02 Å². The lowest BCUT2D eigenvalue weighted by molar-refractivity contribution is -0.138. The van der Waals surface area contributed by atoms with Gasteiger partial charge in [0.2, 0.25) is 0 Å². The van der Waals surface area contributed by atoms with Gasteiger partial charge in [-0.3, -0.25) is 9.79 Å². The molecule has 0 atom stereocenters. The van der Waals surface area contributed by atoms with Gasteiger partial charge in [0.15, 0.2) is 0 Å². The first-order chi connectivity index (χ1) is 9.67. The fourth-order valence-electron chi connectivity index (χ4n) is 1.46. The van der Waals surface area contributed by atoms with E-state index in [9.17, 15) is 4.79 Å². The number of benzene rings is 1. The van der Waals surface area contributed by atoms with E-state index in [4.69, 9.17) is 11.6 Å². The van der Waals surface area contributed by atoms with E-state index in [-0.39, 0.29) is 12.5 Å². The van der Waals surface area contributed by atoms with Crippen molar-refractivity contribution in [1.29, 1.82) is 0 Å². The van der Waals surface area contributed by atoms with E-state index >= 15 is 0 Å². The quantitative estimate of drug-likeness (QED) is 0.361. The van der Waals surface area contributed by atoms with Crippen molar-refractivity contribution in [3.8, 4) is 11.8 Å². The van der Waals surface area contributed by atoms with E-state index < -0.39 is 0 Å². The largest absolute Gasteiger partial charge is 0.468 e. The zero-order chi connectivity index (χ0) is 14.8. The van der Waals surface area contributed by atoms with Gasteiger partial charge in [-0.05, 0) is 24.6 Å². The van der Waals surface area contributed by atoms with Crippen molar-refractivity contribution in [1.82, 2.24) is 0 Å². The molecule has 20 heavy (non-hydrogen) atoms. The van der Waals surface area contributed by atoms with E-state index in [1.165, 1.54) is 7.11 Å². The first-order valence-corrected chi connectivity index (χ1v) is 6.90. The second kappa shape index (κ2) is 9.17. The van der Waals surface area contributed by atoms with Gasteiger partial charge in [-0.1, -0.05) is 36.8 Å². The number of halogens is 1. The van der Waals surface area contributed by atoms with Crippen LogP contribution in [0.25, 0.3) is 0 Å². The standard InChI is InChI=1S/C16H18ClNO2/c1-3-4-5-6-7-13-8-9-15(17)10-14(13)11-18-12-16(19)20-2/h8-11H,3-5,12H2,1-2H3. The predicted octanol–water partition coefficient (Wildman–Crippen LogP) is 3.47. The van der Waals surface area contributed by atoms with Gasteiger partial charge in [0.05, 0.1) is 7.11 Å². The van der Waals surface area contributed by atoms with Crippen molar-refractivity contribution in [3.05, 3.63) is 34.3 Å². The van der Waals surface area contributed by atoms with Crippen LogP contribution in [0.1, 0.15) is 37.3 Å². The molecule has 0 heterocycles. The van der Waals surface area contributed by atoms with Gasteiger partial charge in [0, 0.05) is 28.8 Å². The molecule has 0 unspecified atom stereocenters. The number of hydrogen-bond acceptors (Lipinski definition) is 3. The molecule has 0 aliphatic carbocycles. The van der Waals surface area contributed by atoms with Crippen molar-refractivity contribution in [3.63, 3.8) is 0 Å². The van der Waals surface area contributed by atoms with E-state index in [2.05, 4.69) is 28.5 Å². The molecule has 1 rings (SSSR count). The second-order valence-corrected chi connectivity index (χ2v) is 4.62. The monoisotopic (exact) mass is 291 g/mol. The molecule has 0 radical (unpaired) electrons. The van der Waals surface area contributed by atoms with Crippen LogP contribution in [0.5, 0.6) is 0 Å². The average molecular weight is 292 g/mol. The average Bonchev–Trinajstić information content (AvgIpc) is 2.45. The molecule has 0 aromatic heterocycles. The van der Waals surface area contributed by atoms with Gasteiger partial charge in [0.25, 0.3) is 0 Å². The third kappa shape index (κ3) is 5.90. The van der Waals surface area contributed by atoms with Gasteiger partial charge in [0.1, 0.15) is 6.54 Å². The molecule has 106 valence electrons. The molecule has 0 N–H and O–H groups in total. The summed E-state index contributed by atoms with van der Waals surface area (Å²) in [5.41, 5.74) is 1.67. The van der Waals surface area contributed by atoms with Gasteiger partial charge in [-0.2, -0.15) is 0 Å². The Labute approximate surface area is 125 Å². The molecule has 0 aliphatic heterocycles. The number of hydrogen-bond donors (Lipinski definition) is 0. The summed E-state index contributed by atoms with van der Waals surface area (Å²) in [6.07, 6.45) is 4.69. The second-order valence-electron chi connectivity index (χ2n) is 4.18. The summed E-state index contributed by atoms with van der Waals surface area (Å²) in [6.45, 7) is 2.13. The Morgan fingerprint density at radius 1 is 1.50 bits per heavy atom. The zero-order valence-electron chi connectivity index (χ0n) is 11.8. The lowest BCUT2D eigenvalue weighted by atomic mass is 10.1. The summed E-state index contributed by atoms with van der Waals surface area (Å²) in [5.74, 6) is 5.86. The normalized spacial score (nSPS) is 10.2. The highest BCUT2D eigenvalue weighted by atomic mass is 35.5. The number of unbranched alkanes of at least 4 members (excludes halogenated alkanes) is 2. The highest BCUT2D eigenvalue weighted by molar-refractivity contribution is 6.30. The molecule has 0 fully saturated rings. The summed E-state index contributed by atoms with van der Waals surface area (Å²) in [4.78, 5) is 15.0. The minimum atomic E-state index is -0.376. The number of ether oxygens (including phenoxy) is 1. The van der Waals surface area contributed by atoms with Crippen molar-refractivity contribution in [2.45, 2.75) is 26.2 Å². The third-order valence-electron chi connectivity index (χ3n) is 2.57. The maximum Gasteiger partial charge on any atom is 0.327 e. The fourth-order valence-corrected chi connectivity index (χ4v) is 1.64. The third-order valence-corrected chi connectivity index (χ3v) is 2.81. The Morgan fingerprint density at radius 3 is 3.00 bits per heavy atom. The first-order valence-electron chi connectivity index (χ1n) is 6.52. The van der Waals surface area contributed by atoms with Gasteiger partial charge in [-0.15, -0.1) is 0 Å². The number of carbonyl (C=O) groups excluding carboxylic acids is 1. The van der Waals surface area contributed by atoms with Crippen LogP contribution < -0.4 is 0 Å². The van der Waals surface area contributed by atoms with Crippen LogP contribution >= 0.6 is 11.6 Å². The summed E-state index contributed by atoms with van der Waals surface area (Å²) >= 11 is 5.97. The maximum atomic E-state index is 11.0. The Bertz CT molecular complexity index is 541. The molecule has 4 heteroatoms. The lowest BCUT2D eigenvalue weighted by Gasteiger charge is -2.00. The minimum absolute atomic E-state index is 0.00822. The molecule has 0 saturated heterocycles. The van der Waals surface area contributed by atoms with Crippen molar-refractivity contribution >= 4 is 23.8 Å². The molecular weight excluding hydrogens is 274 g/mol. The smallest absolute Gasteiger partial charge is 0.327 e. The minimum Gasteiger partial charge on any atom is -0.468 e. The molecule has 0 aliphatic rings. The van der Waals surface area contributed by atoms with E-state index in [0.29, 0.717) is 5.02 Å². The number of aliphatic imine (C=N–C) groups is 1. The number of methoxy groups -OCH3 is 1. The Morgan fingerprint density at radius 2 is 2.30 bits per heavy atom. The van der Waals surface area contributed by atoms with E-state index in [0.717, 1.165) is 30.4 Å². The Kier molecular flexibility index (Phi) is 7.46. The van der Waals surface area contributed by atoms with Crippen LogP contribution in [0.15, 0.2) is 23.2 Å². The van der Waals surface area contributed by atoms with Gasteiger partial charge < -0.3 is 4.74 Å². The van der Waals surface area contributed by atoms with Crippen LogP contribution in [-0.4, -0.2) is 25.8 Å². The molecule has 3 nitrogen and oxygen atoms in total. The molecule has 0 amide bonds. The molecule has 0 saturated carbocycles. The van der Waals surface area contributed by atoms with E-state index in [1.54, 1.807) is 18.3 Å². The van der Waals surface area contributed by atoms with Crippen LogP contribution in [0.3, 0.4) is 0 Å². The predicted molar refractivity (Wildman–Crippen MR) is 82.3 cm³/mol. The van der Waals surface area contributed by atoms with Crippen molar-refractivity contribution < 1.29 is 9.53 Å². The first kappa shape index (κ1) is 16.3. The molecule has 0 spiro atoms. The van der Waals surface area contributed by atoms with Crippen LogP contribution in [0.4, 0.5) is 0 Å². The summed E-state index contributed by atoms with van der Waals surface area (Å²) in [6, 6.07) is 5.44. The molecular formula is C16H18ClNO2. The fraction of sp³-hybridized carbons (Fsp3) is 0.375. The Balaban J connectivity index is 2.83. The summed E-state index contributed by atoms with van der Waals surface area (Å²) in [5, 5.41) is 0.614. The number of nitrogens with zero attached hydrogens (tertiary/aromatic N) is 1. The SMILES string of the molecule is CCCCC#Cc1ccc(Cl)cc1C=NCC(=O)OC. The number of esters is 1. The van der Waals surface area contributed by atoms with E-state index in [1.807, 2.05) is 6.07 Å².